The van der Waals surface area contributed by atoms with Gasteiger partial charge in [0.15, 0.2) is 34.1 Å². The van der Waals surface area contributed by atoms with Gasteiger partial charge in [-0.1, -0.05) is 120 Å². The third kappa shape index (κ3) is 19.6. The summed E-state index contributed by atoms with van der Waals surface area (Å²) in [4.78, 5) is 57.2. The van der Waals surface area contributed by atoms with Crippen LogP contribution in [0.15, 0.2) is 201 Å². The molecule has 0 spiro atoms. The summed E-state index contributed by atoms with van der Waals surface area (Å²) in [6, 6.07) is 0.221. The lowest BCUT2D eigenvalue weighted by molar-refractivity contribution is -0.138. The Kier molecular flexibility index (Phi) is 13.7. The van der Waals surface area contributed by atoms with Crippen LogP contribution in [0, 0.1) is 37.1 Å². The van der Waals surface area contributed by atoms with Crippen molar-refractivity contribution in [1.29, 1.82) is 0 Å². The maximum absolute atomic E-state index is 15.8. The molecular weight excluding hydrogens is 1420 g/mol. The molecule has 0 bridgehead atoms. The molecule has 0 N–H and O–H groups in total. The molecule has 0 radical (unpaired) electrons. The van der Waals surface area contributed by atoms with E-state index in [9.17, 15) is 69.4 Å². The molecule has 2 aromatic heterocycles. The van der Waals surface area contributed by atoms with Gasteiger partial charge in [0, 0.05) is 148 Å². The fraction of sp³-hybridized carbons (Fsp3) is 0.317. The summed E-state index contributed by atoms with van der Waals surface area (Å²) < 4.78 is 511. The topological polar surface area (TPSA) is 110 Å². The van der Waals surface area contributed by atoms with Gasteiger partial charge in [0.05, 0.1) is 75.5 Å². The summed E-state index contributed by atoms with van der Waals surface area (Å²) in [7, 11) is 1.47. The number of pyridine rings is 2. The number of ether oxygens (including phenoxy) is 2. The molecule has 556 valence electrons. The van der Waals surface area contributed by atoms with Gasteiger partial charge in [0.1, 0.15) is 13.0 Å². The number of hydrogen-bond donors (Lipinski definition) is 0. The molecule has 2 amide bonds. The number of nitrogens with zero attached hydrogens (tertiary/aromatic N) is 6. The van der Waals surface area contributed by atoms with Crippen LogP contribution in [0.2, 0.25) is 0 Å². The van der Waals surface area contributed by atoms with E-state index in [-0.39, 0.29) is 58.5 Å². The molecular formula is C82H80F10N6O6S2. The van der Waals surface area contributed by atoms with Gasteiger partial charge in [0.2, 0.25) is 11.8 Å². The number of benzene rings is 8. The first-order chi connectivity index (χ1) is 66.2. The van der Waals surface area contributed by atoms with Gasteiger partial charge in [0.25, 0.3) is 0 Å². The number of likely N-dealkylation sites (tertiary alicyclic amines) is 2. The minimum absolute atomic E-state index is 0.00898. The van der Waals surface area contributed by atoms with Crippen molar-refractivity contribution >= 4 is 57.1 Å². The Morgan fingerprint density at radius 2 is 0.896 bits per heavy atom. The second kappa shape index (κ2) is 35.1. The van der Waals surface area contributed by atoms with Gasteiger partial charge in [-0.15, -0.1) is 23.5 Å². The van der Waals surface area contributed by atoms with Crippen LogP contribution in [0.4, 0.5) is 43.9 Å². The predicted molar refractivity (Wildman–Crippen MR) is 395 cm³/mol. The lowest BCUT2D eigenvalue weighted by atomic mass is 10.00. The minimum atomic E-state index is -4.85. The fourth-order valence-corrected chi connectivity index (χ4v) is 11.2. The van der Waals surface area contributed by atoms with Gasteiger partial charge < -0.3 is 38.2 Å². The predicted octanol–water partition coefficient (Wildman–Crippen LogP) is 17.4. The van der Waals surface area contributed by atoms with E-state index in [1.807, 2.05) is 0 Å². The standard InChI is InChI=1S/2C41H40F5N3O3S/c2*1-27-6-15-36-34(22-27)37(50)23-39(53-26-31-4-3-5-35(42)40(31)43)49(36)25-38(51)48(33-16-18-47(19-17-33)20-21-52-2)24-28-7-9-29(10-8-28)30-11-13-32(14-12-30)41(44,45)46/h2*3-15,22-23,33H,16-21,24-26H2,1-2H3/i6D,15D,16D2,17D2,18D2,19D2,21D2,22D,23D,24D2,25D2,26D2,33D;6D,15D,16D2,17D2,18D2,19D2,21D2,22D,23D,24D2,25D2,33D. The number of fused-ring (bicyclic) bond motifs is 2. The van der Waals surface area contributed by atoms with Crippen molar-refractivity contribution in [2.24, 2.45) is 0 Å². The van der Waals surface area contributed by atoms with E-state index in [2.05, 4.69) is 9.47 Å². The molecule has 0 aliphatic carbocycles. The number of aromatic nitrogens is 2. The van der Waals surface area contributed by atoms with Crippen LogP contribution in [-0.2, 0) is 68.9 Å². The highest BCUT2D eigenvalue weighted by atomic mass is 32.2. The number of hydrogen-bond acceptors (Lipinski definition) is 10. The van der Waals surface area contributed by atoms with Crippen molar-refractivity contribution in [3.05, 3.63) is 270 Å². The quantitative estimate of drug-likeness (QED) is 0.0428. The Hall–Kier alpha value is -9.04. The van der Waals surface area contributed by atoms with E-state index < -0.39 is 326 Å². The first kappa shape index (κ1) is 41.3. The van der Waals surface area contributed by atoms with Crippen LogP contribution in [-0.4, -0.2) is 119 Å². The molecule has 2 aliphatic rings. The number of halogens is 10. The van der Waals surface area contributed by atoms with E-state index in [1.54, 1.807) is 0 Å². The molecule has 24 heteroatoms. The van der Waals surface area contributed by atoms with Crippen LogP contribution in [0.1, 0.15) is 125 Å². The molecule has 106 heavy (non-hydrogen) atoms. The SMILES string of the molecule is [2H]c1c(C)c([2H])c2c(=O)c([2H])c(SC([2H])([2H])c3cccc(F)c3F)n(C([2H])([2H])C(=O)N(C([2H])([2H])c3ccc(-c4ccc(C(F)(F)F)cc4)cc3)C3([2H])C([2H])([2H])C([2H])([2H])N(CC([2H])([2H])OC)C([2H])([2H])C3([2H])[2H])c2c1[2H].[2H]c1c(C)c([2H])c2c(=O)c([2H])c(SCc3cccc(F)c3F)n(C([2H])([2H])C(=O)N(C([2H])([2H])c3ccc(-c4ccc(C(F)(F)F)cc4)cc3)C3([2H])C([2H])([2H])C([2H])([2H])N(CC([2H])([2H])OC)C([2H])([2H])C3([2H])[2H])c2c1[2H]. The highest BCUT2D eigenvalue weighted by molar-refractivity contribution is 7.98. The van der Waals surface area contributed by atoms with Crippen LogP contribution in [0.25, 0.3) is 44.1 Å². The highest BCUT2D eigenvalue weighted by Gasteiger charge is 2.34. The number of piperidine rings is 2. The Balaban J connectivity index is 0.000000278. The molecule has 2 fully saturated rings. The number of alkyl halides is 6. The third-order valence-corrected chi connectivity index (χ3v) is 16.6. The zero-order valence-corrected chi connectivity index (χ0v) is 56.7. The Bertz CT molecular complexity index is 6920. The second-order valence-electron chi connectivity index (χ2n) is 22.0. The van der Waals surface area contributed by atoms with Crippen molar-refractivity contribution in [2.45, 2.75) is 111 Å². The van der Waals surface area contributed by atoms with E-state index in [0.717, 1.165) is 125 Å². The molecule has 0 atom stereocenters. The van der Waals surface area contributed by atoms with E-state index in [1.165, 1.54) is 0 Å². The van der Waals surface area contributed by atoms with Gasteiger partial charge >= 0.3 is 12.4 Å². The van der Waals surface area contributed by atoms with Crippen LogP contribution >= 0.6 is 23.5 Å². The Labute approximate surface area is 672 Å². The first-order valence-electron chi connectivity index (χ1n) is 50.6. The van der Waals surface area contributed by atoms with Crippen molar-refractivity contribution < 1.29 is 118 Å². The summed E-state index contributed by atoms with van der Waals surface area (Å²) in [6.45, 7) is -41.6. The number of amides is 2. The van der Waals surface area contributed by atoms with Gasteiger partial charge in [-0.25, -0.2) is 17.6 Å². The lowest BCUT2D eigenvalue weighted by Gasteiger charge is -2.39. The van der Waals surface area contributed by atoms with Gasteiger partial charge in [-0.2, -0.15) is 26.3 Å². The van der Waals surface area contributed by atoms with E-state index in [0.29, 0.717) is 36.4 Å². The van der Waals surface area contributed by atoms with Crippen molar-refractivity contribution in [2.75, 3.05) is 66.4 Å². The molecule has 8 aromatic carbocycles. The smallest absolute Gasteiger partial charge is 0.383 e. The molecule has 12 rings (SSSR count). The molecule has 2 saturated heterocycles. The maximum atomic E-state index is 15.8. The molecule has 4 heterocycles. The Morgan fingerprint density at radius 3 is 1.28 bits per heavy atom. The molecule has 12 nitrogen and oxygen atoms in total. The Morgan fingerprint density at radius 1 is 0.528 bits per heavy atom. The average molecular weight is 1540 g/mol. The first-order valence-corrected chi connectivity index (χ1v) is 32.4. The second-order valence-corrected chi connectivity index (χ2v) is 23.7. The van der Waals surface area contributed by atoms with Crippen molar-refractivity contribution in [3.63, 3.8) is 0 Å². The number of methoxy groups -OCH3 is 2. The highest BCUT2D eigenvalue weighted by Crippen LogP contribution is 2.36. The summed E-state index contributed by atoms with van der Waals surface area (Å²) in [5, 5.41) is -4.71. The summed E-state index contributed by atoms with van der Waals surface area (Å²) >= 11 is -0.375. The third-order valence-electron chi connectivity index (χ3n) is 14.8. The normalized spacial score (nSPS) is 25.0. The summed E-state index contributed by atoms with van der Waals surface area (Å²) in [5.74, 6) is -12.6. The van der Waals surface area contributed by atoms with E-state index >= 15 is 18.4 Å². The number of carbonyl (C=O) groups is 2. The minimum Gasteiger partial charge on any atom is -0.383 e. The molecule has 2 aliphatic heterocycles. The lowest BCUT2D eigenvalue weighted by Crippen LogP contribution is -2.48. The number of rotatable bonds is 24. The zero-order valence-electron chi connectivity index (χ0n) is 95.1. The summed E-state index contributed by atoms with van der Waals surface area (Å²) in [6.07, 6.45) is -27.8. The number of thioether (sulfide) groups is 2. The average Bonchev–Trinajstić information content (AvgIpc) is 0.658. The zero-order chi connectivity index (χ0) is 111. The summed E-state index contributed by atoms with van der Waals surface area (Å²) in [5.41, 5.74) is -15.4. The fourth-order valence-electron chi connectivity index (χ4n) is 9.55. The van der Waals surface area contributed by atoms with Gasteiger partial charge in [-0.05, 0) is 133 Å². The van der Waals surface area contributed by atoms with Crippen LogP contribution in [0.5, 0.6) is 0 Å². The monoisotopic (exact) mass is 1540 g/mol. The van der Waals surface area contributed by atoms with Crippen LogP contribution < -0.4 is 10.9 Å². The molecule has 10 aromatic rings. The van der Waals surface area contributed by atoms with Crippen LogP contribution in [0.3, 0.4) is 0 Å². The van der Waals surface area contributed by atoms with Crippen molar-refractivity contribution in [1.82, 2.24) is 28.7 Å². The molecule has 0 saturated carbocycles. The maximum Gasteiger partial charge on any atom is 0.416 e. The molecule has 0 unspecified atom stereocenters. The van der Waals surface area contributed by atoms with Crippen molar-refractivity contribution in [3.8, 4) is 22.3 Å². The number of carbonyl (C=O) groups excluding carboxylic acids is 2. The van der Waals surface area contributed by atoms with E-state index in [4.69, 9.17) is 30.2 Å². The largest absolute Gasteiger partial charge is 0.416 e. The van der Waals surface area contributed by atoms with Gasteiger partial charge in [-0.3, -0.25) is 19.2 Å².